The number of rotatable bonds is 6. The van der Waals surface area contributed by atoms with Crippen molar-refractivity contribution in [2.45, 2.75) is 26.9 Å². The highest BCUT2D eigenvalue weighted by atomic mass is 35.5. The quantitative estimate of drug-likeness (QED) is 0.550. The zero-order chi connectivity index (χ0) is 18.6. The number of carbonyl (C=O) groups is 3. The number of carbonyl (C=O) groups excluding carboxylic acids is 3. The Morgan fingerprint density at radius 2 is 2.08 bits per heavy atom. The van der Waals surface area contributed by atoms with E-state index in [1.807, 2.05) is 13.8 Å². The van der Waals surface area contributed by atoms with Crippen molar-refractivity contribution in [3.8, 4) is 5.75 Å². The second-order valence-corrected chi connectivity index (χ2v) is 6.83. The third-order valence-electron chi connectivity index (χ3n) is 3.08. The first kappa shape index (κ1) is 19.3. The fraction of sp³-hybridized carbons (Fsp3) is 0.353. The molecule has 1 fully saturated rings. The van der Waals surface area contributed by atoms with Crippen LogP contribution in [0.3, 0.4) is 0 Å². The third-order valence-corrected chi connectivity index (χ3v) is 4.29. The molecule has 2 amide bonds. The highest BCUT2D eigenvalue weighted by molar-refractivity contribution is 8.18. The number of thioether (sulfide) groups is 1. The minimum Gasteiger partial charge on any atom is -0.489 e. The van der Waals surface area contributed by atoms with Crippen LogP contribution in [0, 0.1) is 0 Å². The molecule has 134 valence electrons. The van der Waals surface area contributed by atoms with Crippen LogP contribution in [0.1, 0.15) is 26.3 Å². The number of nitrogens with zero attached hydrogens (tertiary/aromatic N) is 1. The predicted molar refractivity (Wildman–Crippen MR) is 96.5 cm³/mol. The van der Waals surface area contributed by atoms with Crippen molar-refractivity contribution in [3.63, 3.8) is 0 Å². The summed E-state index contributed by atoms with van der Waals surface area (Å²) >= 11 is 6.95. The summed E-state index contributed by atoms with van der Waals surface area (Å²) in [6.07, 6.45) is 1.55. The summed E-state index contributed by atoms with van der Waals surface area (Å²) in [7, 11) is 0. The van der Waals surface area contributed by atoms with E-state index in [4.69, 9.17) is 21.1 Å². The summed E-state index contributed by atoms with van der Waals surface area (Å²) in [6, 6.07) is 5.10. The normalized spacial score (nSPS) is 16.0. The Hall–Kier alpha value is -1.99. The minimum atomic E-state index is -0.621. The SMILES string of the molecule is CCOC(=O)CN1C(=O)S/C(=C/c2ccc(OC(C)C)c(Cl)c2)C1=O. The molecule has 0 unspecified atom stereocenters. The molecule has 1 aromatic rings. The molecular formula is C17H18ClNO5S. The molecule has 1 saturated heterocycles. The summed E-state index contributed by atoms with van der Waals surface area (Å²) in [5, 5.41) is -0.0941. The largest absolute Gasteiger partial charge is 0.489 e. The molecule has 1 heterocycles. The van der Waals surface area contributed by atoms with Gasteiger partial charge < -0.3 is 9.47 Å². The zero-order valence-electron chi connectivity index (χ0n) is 14.1. The zero-order valence-corrected chi connectivity index (χ0v) is 15.6. The van der Waals surface area contributed by atoms with E-state index in [1.54, 1.807) is 31.2 Å². The van der Waals surface area contributed by atoms with Crippen LogP contribution in [0.5, 0.6) is 5.75 Å². The van der Waals surface area contributed by atoms with Gasteiger partial charge in [0.15, 0.2) is 0 Å². The van der Waals surface area contributed by atoms with Crippen molar-refractivity contribution < 1.29 is 23.9 Å². The van der Waals surface area contributed by atoms with Crippen LogP contribution in [0.15, 0.2) is 23.1 Å². The lowest BCUT2D eigenvalue weighted by Gasteiger charge is -2.11. The second kappa shape index (κ2) is 8.40. The highest BCUT2D eigenvalue weighted by Gasteiger charge is 2.36. The molecule has 25 heavy (non-hydrogen) atoms. The van der Waals surface area contributed by atoms with Crippen molar-refractivity contribution in [1.82, 2.24) is 4.90 Å². The predicted octanol–water partition coefficient (Wildman–Crippen LogP) is 3.73. The van der Waals surface area contributed by atoms with Crippen molar-refractivity contribution in [3.05, 3.63) is 33.7 Å². The van der Waals surface area contributed by atoms with Gasteiger partial charge in [-0.2, -0.15) is 0 Å². The summed E-state index contributed by atoms with van der Waals surface area (Å²) in [4.78, 5) is 36.8. The van der Waals surface area contributed by atoms with Gasteiger partial charge in [-0.15, -0.1) is 0 Å². The monoisotopic (exact) mass is 383 g/mol. The lowest BCUT2D eigenvalue weighted by atomic mass is 10.2. The Labute approximate surface area is 155 Å². The Balaban J connectivity index is 2.16. The van der Waals surface area contributed by atoms with E-state index in [-0.39, 0.29) is 17.6 Å². The topological polar surface area (TPSA) is 72.9 Å². The average molecular weight is 384 g/mol. The maximum Gasteiger partial charge on any atom is 0.326 e. The molecule has 6 nitrogen and oxygen atoms in total. The van der Waals surface area contributed by atoms with Crippen molar-refractivity contribution in [1.29, 1.82) is 0 Å². The van der Waals surface area contributed by atoms with E-state index >= 15 is 0 Å². The van der Waals surface area contributed by atoms with Crippen LogP contribution in [-0.2, 0) is 14.3 Å². The van der Waals surface area contributed by atoms with Crippen LogP contribution in [-0.4, -0.2) is 41.3 Å². The molecule has 2 rings (SSSR count). The number of esters is 1. The average Bonchev–Trinajstić information content (AvgIpc) is 2.77. The number of amides is 2. The van der Waals surface area contributed by atoms with Gasteiger partial charge in [0, 0.05) is 0 Å². The minimum absolute atomic E-state index is 0.0114. The van der Waals surface area contributed by atoms with Gasteiger partial charge in [-0.25, -0.2) is 0 Å². The molecule has 8 heteroatoms. The maximum absolute atomic E-state index is 12.3. The lowest BCUT2D eigenvalue weighted by molar-refractivity contribution is -0.145. The maximum atomic E-state index is 12.3. The first-order chi connectivity index (χ1) is 11.8. The van der Waals surface area contributed by atoms with E-state index in [2.05, 4.69) is 0 Å². The van der Waals surface area contributed by atoms with Gasteiger partial charge in [-0.05, 0) is 56.3 Å². The van der Waals surface area contributed by atoms with E-state index in [0.717, 1.165) is 16.7 Å². The Morgan fingerprint density at radius 1 is 1.36 bits per heavy atom. The summed E-state index contributed by atoms with van der Waals surface area (Å²) in [5.41, 5.74) is 0.655. The van der Waals surface area contributed by atoms with Crippen LogP contribution in [0.4, 0.5) is 4.79 Å². The van der Waals surface area contributed by atoms with Crippen LogP contribution >= 0.6 is 23.4 Å². The van der Waals surface area contributed by atoms with Crippen LogP contribution in [0.2, 0.25) is 5.02 Å². The molecule has 1 aliphatic rings. The Morgan fingerprint density at radius 3 is 2.68 bits per heavy atom. The van der Waals surface area contributed by atoms with E-state index in [1.165, 1.54) is 0 Å². The van der Waals surface area contributed by atoms with Gasteiger partial charge in [0.2, 0.25) is 0 Å². The van der Waals surface area contributed by atoms with Gasteiger partial charge in [0.1, 0.15) is 12.3 Å². The Bertz CT molecular complexity index is 732. The molecule has 0 spiro atoms. The molecular weight excluding hydrogens is 366 g/mol. The van der Waals surface area contributed by atoms with Crippen molar-refractivity contribution in [2.24, 2.45) is 0 Å². The number of benzene rings is 1. The Kier molecular flexibility index (Phi) is 6.50. The second-order valence-electron chi connectivity index (χ2n) is 5.43. The van der Waals surface area contributed by atoms with Gasteiger partial charge in [0.25, 0.3) is 11.1 Å². The number of halogens is 1. The first-order valence-electron chi connectivity index (χ1n) is 7.69. The molecule has 0 aromatic heterocycles. The molecule has 0 bridgehead atoms. The van der Waals surface area contributed by atoms with Crippen molar-refractivity contribution >= 4 is 46.6 Å². The van der Waals surface area contributed by atoms with E-state index in [9.17, 15) is 14.4 Å². The van der Waals surface area contributed by atoms with Gasteiger partial charge in [0.05, 0.1) is 22.6 Å². The number of hydrogen-bond acceptors (Lipinski definition) is 6. The number of hydrogen-bond donors (Lipinski definition) is 0. The van der Waals surface area contributed by atoms with Crippen molar-refractivity contribution in [2.75, 3.05) is 13.2 Å². The smallest absolute Gasteiger partial charge is 0.326 e. The fourth-order valence-corrected chi connectivity index (χ4v) is 3.15. The first-order valence-corrected chi connectivity index (χ1v) is 8.88. The van der Waals surface area contributed by atoms with E-state index in [0.29, 0.717) is 16.3 Å². The molecule has 0 radical (unpaired) electrons. The molecule has 0 saturated carbocycles. The van der Waals surface area contributed by atoms with Crippen LogP contribution < -0.4 is 4.74 Å². The van der Waals surface area contributed by atoms with Gasteiger partial charge in [-0.1, -0.05) is 17.7 Å². The number of ether oxygens (including phenoxy) is 2. The molecule has 0 N–H and O–H groups in total. The molecule has 0 aliphatic carbocycles. The standard InChI is InChI=1S/C17H18ClNO5S/c1-4-23-15(20)9-19-16(21)14(25-17(19)22)8-11-5-6-13(12(18)7-11)24-10(2)3/h5-8,10H,4,9H2,1-3H3/b14-8+. The number of imide groups is 1. The summed E-state index contributed by atoms with van der Waals surface area (Å²) in [6.45, 7) is 5.24. The van der Waals surface area contributed by atoms with Gasteiger partial charge in [-0.3, -0.25) is 19.3 Å². The van der Waals surface area contributed by atoms with Gasteiger partial charge >= 0.3 is 5.97 Å². The summed E-state index contributed by atoms with van der Waals surface area (Å²) in [5.74, 6) is -0.602. The molecule has 1 aromatic carbocycles. The summed E-state index contributed by atoms with van der Waals surface area (Å²) < 4.78 is 10.3. The van der Waals surface area contributed by atoms with Crippen LogP contribution in [0.25, 0.3) is 6.08 Å². The third kappa shape index (κ3) is 4.99. The molecule has 0 atom stereocenters. The van der Waals surface area contributed by atoms with E-state index < -0.39 is 23.7 Å². The highest BCUT2D eigenvalue weighted by Crippen LogP contribution is 2.33. The fourth-order valence-electron chi connectivity index (χ4n) is 2.08. The molecule has 1 aliphatic heterocycles. The lowest BCUT2D eigenvalue weighted by Crippen LogP contribution is -2.34.